The van der Waals surface area contributed by atoms with Crippen LogP contribution in [0.5, 0.6) is 5.75 Å². The second-order valence-corrected chi connectivity index (χ2v) is 8.76. The summed E-state index contributed by atoms with van der Waals surface area (Å²) in [6.07, 6.45) is 0.439. The van der Waals surface area contributed by atoms with E-state index < -0.39 is 21.8 Å². The van der Waals surface area contributed by atoms with Gasteiger partial charge in [0.2, 0.25) is 10.0 Å². The zero-order chi connectivity index (χ0) is 21.2. The molecule has 2 atom stereocenters. The molecule has 1 heterocycles. The van der Waals surface area contributed by atoms with Gasteiger partial charge in [-0.1, -0.05) is 19.1 Å². The second kappa shape index (κ2) is 8.29. The predicted octanol–water partition coefficient (Wildman–Crippen LogP) is 4.17. The van der Waals surface area contributed by atoms with Crippen LogP contribution in [0.1, 0.15) is 43.4 Å². The number of nitrogens with one attached hydrogen (secondary N) is 1. The first-order valence-corrected chi connectivity index (χ1v) is 11.1. The molecule has 8 heteroatoms. The Bertz CT molecular complexity index is 1050. The highest BCUT2D eigenvalue weighted by Crippen LogP contribution is 2.49. The third-order valence-corrected chi connectivity index (χ3v) is 6.56. The van der Waals surface area contributed by atoms with Crippen molar-refractivity contribution in [2.24, 2.45) is 0 Å². The molecular weight excluding hydrogens is 393 g/mol. The average molecular weight is 418 g/mol. The quantitative estimate of drug-likeness (QED) is 0.731. The molecule has 1 N–H and O–H groups in total. The summed E-state index contributed by atoms with van der Waals surface area (Å²) in [5.74, 6) is -0.526. The highest BCUT2D eigenvalue weighted by molar-refractivity contribution is 7.92. The Balaban J connectivity index is 1.99. The summed E-state index contributed by atoms with van der Waals surface area (Å²) in [7, 11) is -2.00. The lowest BCUT2D eigenvalue weighted by Gasteiger charge is -2.28. The van der Waals surface area contributed by atoms with Crippen LogP contribution in [0.3, 0.4) is 0 Å². The molecule has 0 bridgehead atoms. The molecule has 3 rings (SSSR count). The van der Waals surface area contributed by atoms with Gasteiger partial charge in [0.05, 0.1) is 36.6 Å². The van der Waals surface area contributed by atoms with Gasteiger partial charge < -0.3 is 9.64 Å². The third kappa shape index (κ3) is 4.01. The van der Waals surface area contributed by atoms with E-state index in [1.165, 1.54) is 12.1 Å². The molecule has 154 valence electrons. The van der Waals surface area contributed by atoms with Crippen LogP contribution in [0, 0.1) is 17.1 Å². The molecule has 6 nitrogen and oxygen atoms in total. The first kappa shape index (κ1) is 20.9. The minimum absolute atomic E-state index is 0.0753. The maximum absolute atomic E-state index is 14.7. The molecule has 0 aliphatic carbocycles. The molecule has 29 heavy (non-hydrogen) atoms. The summed E-state index contributed by atoms with van der Waals surface area (Å²) in [4.78, 5) is 2.04. The Morgan fingerprint density at radius 2 is 2.00 bits per heavy atom. The number of sulfonamides is 1. The maximum atomic E-state index is 14.7. The number of hydrogen-bond acceptors (Lipinski definition) is 5. The molecule has 1 aliphatic heterocycles. The molecule has 2 aromatic rings. The Hall–Kier alpha value is -2.79. The molecule has 0 spiro atoms. The minimum atomic E-state index is -3.59. The number of nitriles is 1. The molecule has 0 fully saturated rings. The van der Waals surface area contributed by atoms with E-state index in [1.54, 1.807) is 20.1 Å². The predicted molar refractivity (Wildman–Crippen MR) is 111 cm³/mol. The second-order valence-electron chi connectivity index (χ2n) is 6.92. The fraction of sp³-hybridized carbons (Fsp3) is 0.381. The van der Waals surface area contributed by atoms with E-state index in [0.29, 0.717) is 24.3 Å². The van der Waals surface area contributed by atoms with Crippen molar-refractivity contribution in [3.63, 3.8) is 0 Å². The average Bonchev–Trinajstić information content (AvgIpc) is 3.01. The zero-order valence-corrected chi connectivity index (χ0v) is 17.5. The van der Waals surface area contributed by atoms with Gasteiger partial charge in [-0.3, -0.25) is 4.72 Å². The van der Waals surface area contributed by atoms with Crippen molar-refractivity contribution in [2.75, 3.05) is 29.0 Å². The van der Waals surface area contributed by atoms with Crippen molar-refractivity contribution < 1.29 is 17.5 Å². The van der Waals surface area contributed by atoms with Crippen molar-refractivity contribution in [3.05, 3.63) is 53.3 Å². The molecule has 2 aromatic carbocycles. The summed E-state index contributed by atoms with van der Waals surface area (Å²) in [5.41, 5.74) is 2.28. The first-order valence-electron chi connectivity index (χ1n) is 9.49. The van der Waals surface area contributed by atoms with Crippen LogP contribution in [0.15, 0.2) is 36.4 Å². The van der Waals surface area contributed by atoms with Crippen LogP contribution < -0.4 is 14.4 Å². The fourth-order valence-corrected chi connectivity index (χ4v) is 4.97. The summed E-state index contributed by atoms with van der Waals surface area (Å²) in [6, 6.07) is 11.9. The van der Waals surface area contributed by atoms with Crippen LogP contribution in [-0.2, 0) is 10.0 Å². The van der Waals surface area contributed by atoms with Gasteiger partial charge in [-0.05, 0) is 42.7 Å². The number of likely N-dealkylation sites (N-methyl/N-ethyl adjacent to an activating group) is 1. The van der Waals surface area contributed by atoms with Crippen molar-refractivity contribution in [2.45, 2.75) is 32.2 Å². The van der Waals surface area contributed by atoms with Crippen LogP contribution in [0.2, 0.25) is 0 Å². The van der Waals surface area contributed by atoms with Gasteiger partial charge in [-0.15, -0.1) is 0 Å². The molecule has 0 saturated carbocycles. The summed E-state index contributed by atoms with van der Waals surface area (Å²) >= 11 is 0. The molecular formula is C21H24FN3O3S. The minimum Gasteiger partial charge on any atom is -0.497 e. The molecule has 2 unspecified atom stereocenters. The fourth-order valence-electron chi connectivity index (χ4n) is 3.83. The molecule has 0 aromatic heterocycles. The van der Waals surface area contributed by atoms with E-state index in [-0.39, 0.29) is 17.5 Å². The lowest BCUT2D eigenvalue weighted by atomic mass is 9.91. The Kier molecular flexibility index (Phi) is 5.99. The highest BCUT2D eigenvalue weighted by atomic mass is 32.2. The Morgan fingerprint density at radius 1 is 1.24 bits per heavy atom. The Morgan fingerprint density at radius 3 is 2.59 bits per heavy atom. The van der Waals surface area contributed by atoms with Gasteiger partial charge in [-0.25, -0.2) is 12.8 Å². The van der Waals surface area contributed by atoms with E-state index >= 15 is 0 Å². The topological polar surface area (TPSA) is 82.4 Å². The van der Waals surface area contributed by atoms with Crippen LogP contribution in [0.4, 0.5) is 15.8 Å². The largest absolute Gasteiger partial charge is 0.497 e. The number of fused-ring (bicyclic) bond motifs is 1. The van der Waals surface area contributed by atoms with Crippen LogP contribution in [0.25, 0.3) is 0 Å². The normalized spacial score (nSPS) is 18.2. The first-order chi connectivity index (χ1) is 13.8. The Labute approximate surface area is 171 Å². The van der Waals surface area contributed by atoms with Crippen LogP contribution in [-0.4, -0.2) is 27.8 Å². The van der Waals surface area contributed by atoms with Gasteiger partial charge in [0, 0.05) is 18.3 Å². The monoisotopic (exact) mass is 417 g/mol. The van der Waals surface area contributed by atoms with E-state index in [1.807, 2.05) is 30.0 Å². The van der Waals surface area contributed by atoms with Gasteiger partial charge in [0.1, 0.15) is 11.6 Å². The lowest BCUT2D eigenvalue weighted by Crippen LogP contribution is -2.26. The highest BCUT2D eigenvalue weighted by Gasteiger charge is 2.39. The van der Waals surface area contributed by atoms with Gasteiger partial charge in [0.25, 0.3) is 0 Å². The van der Waals surface area contributed by atoms with Crippen molar-refractivity contribution in [3.8, 4) is 11.8 Å². The molecule has 1 aliphatic rings. The third-order valence-electron chi connectivity index (χ3n) is 5.09. The number of methoxy groups -OCH3 is 1. The van der Waals surface area contributed by atoms with E-state index in [2.05, 4.69) is 10.8 Å². The zero-order valence-electron chi connectivity index (χ0n) is 16.6. The SMILES string of the molecule is CCCS(=O)(=O)Nc1ccc(C2C(C#N)c3ccc(OC)cc3N2CC)cc1F. The van der Waals surface area contributed by atoms with Gasteiger partial charge in [-0.2, -0.15) is 5.26 Å². The van der Waals surface area contributed by atoms with Gasteiger partial charge >= 0.3 is 0 Å². The lowest BCUT2D eigenvalue weighted by molar-refractivity contribution is 0.415. The summed E-state index contributed by atoms with van der Waals surface area (Å²) in [6.45, 7) is 4.34. The number of benzene rings is 2. The number of nitrogens with zero attached hydrogens (tertiary/aromatic N) is 2. The van der Waals surface area contributed by atoms with E-state index in [0.717, 1.165) is 11.3 Å². The standard InChI is InChI=1S/C21H24FN3O3S/c1-4-10-29(26,27)24-19-9-6-14(11-18(19)22)21-17(13-23)16-8-7-15(28-3)12-20(16)25(21)5-2/h6-9,11-12,17,21,24H,4-5,10H2,1-3H3. The van der Waals surface area contributed by atoms with Crippen molar-refractivity contribution >= 4 is 21.4 Å². The van der Waals surface area contributed by atoms with Gasteiger partial charge in [0.15, 0.2) is 0 Å². The molecule has 0 radical (unpaired) electrons. The molecule has 0 amide bonds. The van der Waals surface area contributed by atoms with E-state index in [9.17, 15) is 18.1 Å². The van der Waals surface area contributed by atoms with Crippen molar-refractivity contribution in [1.29, 1.82) is 5.26 Å². The van der Waals surface area contributed by atoms with E-state index in [4.69, 9.17) is 4.74 Å². The summed E-state index contributed by atoms with van der Waals surface area (Å²) < 4.78 is 46.3. The number of halogens is 1. The maximum Gasteiger partial charge on any atom is 0.232 e. The number of hydrogen-bond donors (Lipinski definition) is 1. The van der Waals surface area contributed by atoms with Crippen molar-refractivity contribution in [1.82, 2.24) is 0 Å². The smallest absolute Gasteiger partial charge is 0.232 e. The van der Waals surface area contributed by atoms with Crippen LogP contribution >= 0.6 is 0 Å². The number of ether oxygens (including phenoxy) is 1. The number of anilines is 2. The summed E-state index contributed by atoms with van der Waals surface area (Å²) in [5, 5.41) is 9.83. The molecule has 0 saturated heterocycles. The number of rotatable bonds is 7.